The van der Waals surface area contributed by atoms with Gasteiger partial charge in [0.15, 0.2) is 9.84 Å². The van der Waals surface area contributed by atoms with E-state index >= 15 is 0 Å². The quantitative estimate of drug-likeness (QED) is 0.610. The molecule has 0 fully saturated rings. The van der Waals surface area contributed by atoms with Crippen LogP contribution in [0.5, 0.6) is 0 Å². The zero-order chi connectivity index (χ0) is 9.28. The van der Waals surface area contributed by atoms with Gasteiger partial charge in [0, 0.05) is 12.5 Å². The van der Waals surface area contributed by atoms with Crippen molar-refractivity contribution in [2.45, 2.75) is 4.71 Å². The molecule has 0 amide bonds. The summed E-state index contributed by atoms with van der Waals surface area (Å²) in [5.41, 5.74) is 0. The Morgan fingerprint density at radius 1 is 1.18 bits per heavy atom. The molecule has 1 atom stereocenters. The van der Waals surface area contributed by atoms with E-state index in [1.165, 1.54) is 0 Å². The van der Waals surface area contributed by atoms with Gasteiger partial charge >= 0.3 is 0 Å². The van der Waals surface area contributed by atoms with Crippen molar-refractivity contribution in [1.29, 1.82) is 0 Å². The van der Waals surface area contributed by atoms with Crippen LogP contribution in [0.25, 0.3) is 0 Å². The number of alkyl halides is 1. The third kappa shape index (κ3) is 5.46. The number of hydrogen-bond donors (Lipinski definition) is 0. The fraction of sp³-hybridized carbons (Fsp3) is 1.00. The Kier molecular flexibility index (Phi) is 3.34. The molecule has 0 aliphatic heterocycles. The summed E-state index contributed by atoms with van der Waals surface area (Å²) in [4.78, 5) is 0. The second kappa shape index (κ2) is 3.28. The fourth-order valence-electron chi connectivity index (χ4n) is 0.362. The van der Waals surface area contributed by atoms with Crippen LogP contribution in [0.1, 0.15) is 0 Å². The van der Waals surface area contributed by atoms with Crippen LogP contribution in [-0.2, 0) is 19.7 Å². The maximum atomic E-state index is 10.6. The molecule has 0 heterocycles. The van der Waals surface area contributed by atoms with E-state index in [9.17, 15) is 16.8 Å². The summed E-state index contributed by atoms with van der Waals surface area (Å²) < 4.78 is 41.0. The van der Waals surface area contributed by atoms with Crippen LogP contribution in [0.2, 0.25) is 0 Å². The van der Waals surface area contributed by atoms with E-state index in [0.29, 0.717) is 0 Å². The highest BCUT2D eigenvalue weighted by atomic mass is 35.5. The summed E-state index contributed by atoms with van der Waals surface area (Å²) in [5.74, 6) is -0.534. The number of hydrogen-bond acceptors (Lipinski definition) is 4. The molecule has 11 heavy (non-hydrogen) atoms. The van der Waals surface area contributed by atoms with Crippen LogP contribution in [0.3, 0.4) is 0 Å². The fourth-order valence-corrected chi connectivity index (χ4v) is 3.25. The van der Waals surface area contributed by atoms with Crippen LogP contribution >= 0.6 is 11.6 Å². The van der Waals surface area contributed by atoms with Gasteiger partial charge in [0.05, 0.1) is 5.75 Å². The summed E-state index contributed by atoms with van der Waals surface area (Å²) in [5, 5.41) is 0. The summed E-state index contributed by atoms with van der Waals surface area (Å²) in [6.45, 7) is 0. The first-order valence-electron chi connectivity index (χ1n) is 2.63. The standard InChI is InChI=1S/C4H9ClO4S2/c1-10(6,7)3-4(5)11(2,8)9/h4H,3H2,1-2H3. The van der Waals surface area contributed by atoms with Crippen molar-refractivity contribution in [2.24, 2.45) is 0 Å². The van der Waals surface area contributed by atoms with Crippen molar-refractivity contribution in [2.75, 3.05) is 18.3 Å². The molecule has 0 aliphatic rings. The third-order valence-corrected chi connectivity index (χ3v) is 4.45. The molecule has 0 saturated carbocycles. The largest absolute Gasteiger partial charge is 0.229 e. The molecule has 0 aliphatic carbocycles. The van der Waals surface area contributed by atoms with Crippen molar-refractivity contribution in [3.05, 3.63) is 0 Å². The van der Waals surface area contributed by atoms with Gasteiger partial charge in [-0.05, 0) is 0 Å². The van der Waals surface area contributed by atoms with Gasteiger partial charge in [-0.1, -0.05) is 0 Å². The maximum Gasteiger partial charge on any atom is 0.165 e. The van der Waals surface area contributed by atoms with Gasteiger partial charge in [-0.3, -0.25) is 0 Å². The molecule has 0 N–H and O–H groups in total. The lowest BCUT2D eigenvalue weighted by Gasteiger charge is -2.03. The lowest BCUT2D eigenvalue weighted by atomic mass is 10.9. The molecule has 0 aromatic carbocycles. The molecule has 68 valence electrons. The Morgan fingerprint density at radius 3 is 1.64 bits per heavy atom. The normalized spacial score (nSPS) is 16.3. The van der Waals surface area contributed by atoms with Gasteiger partial charge in [0.2, 0.25) is 0 Å². The van der Waals surface area contributed by atoms with Gasteiger partial charge in [0.25, 0.3) is 0 Å². The zero-order valence-corrected chi connectivity index (χ0v) is 8.50. The molecule has 7 heteroatoms. The van der Waals surface area contributed by atoms with E-state index in [1.54, 1.807) is 0 Å². The Bertz CT molecular complexity index is 314. The molecule has 0 bridgehead atoms. The Balaban J connectivity index is 4.47. The van der Waals surface area contributed by atoms with E-state index < -0.39 is 30.1 Å². The maximum absolute atomic E-state index is 10.6. The van der Waals surface area contributed by atoms with Gasteiger partial charge in [-0.25, -0.2) is 16.8 Å². The van der Waals surface area contributed by atoms with Crippen molar-refractivity contribution < 1.29 is 16.8 Å². The zero-order valence-electron chi connectivity index (χ0n) is 6.11. The minimum absolute atomic E-state index is 0.534. The summed E-state index contributed by atoms with van der Waals surface area (Å²) in [6, 6.07) is 0. The molecule has 0 aromatic heterocycles. The van der Waals surface area contributed by atoms with Gasteiger partial charge in [-0.2, -0.15) is 0 Å². The van der Waals surface area contributed by atoms with E-state index in [-0.39, 0.29) is 0 Å². The van der Waals surface area contributed by atoms with Crippen molar-refractivity contribution in [3.8, 4) is 0 Å². The lowest BCUT2D eigenvalue weighted by Crippen LogP contribution is -2.22. The van der Waals surface area contributed by atoms with Crippen LogP contribution in [0, 0.1) is 0 Å². The molecule has 0 radical (unpaired) electrons. The predicted molar refractivity (Wildman–Crippen MR) is 44.2 cm³/mol. The van der Waals surface area contributed by atoms with Crippen molar-refractivity contribution in [3.63, 3.8) is 0 Å². The first-order chi connectivity index (χ1) is 4.63. The number of sulfone groups is 2. The van der Waals surface area contributed by atoms with Crippen molar-refractivity contribution in [1.82, 2.24) is 0 Å². The van der Waals surface area contributed by atoms with Crippen LogP contribution < -0.4 is 0 Å². The van der Waals surface area contributed by atoms with E-state index in [1.807, 2.05) is 0 Å². The minimum Gasteiger partial charge on any atom is -0.229 e. The third-order valence-electron chi connectivity index (χ3n) is 0.898. The first kappa shape index (κ1) is 11.2. The molecule has 0 aromatic rings. The van der Waals surface area contributed by atoms with Gasteiger partial charge in [0.1, 0.15) is 14.5 Å². The average molecular weight is 221 g/mol. The second-order valence-electron chi connectivity index (χ2n) is 2.33. The minimum atomic E-state index is -3.45. The first-order valence-corrected chi connectivity index (χ1v) is 7.09. The summed E-state index contributed by atoms with van der Waals surface area (Å²) in [6.07, 6.45) is 1.84. The van der Waals surface area contributed by atoms with Crippen LogP contribution in [-0.4, -0.2) is 39.8 Å². The van der Waals surface area contributed by atoms with Gasteiger partial charge < -0.3 is 0 Å². The van der Waals surface area contributed by atoms with Gasteiger partial charge in [-0.15, -0.1) is 11.6 Å². The topological polar surface area (TPSA) is 68.3 Å². The second-order valence-corrected chi connectivity index (χ2v) is 7.53. The summed E-state index contributed by atoms with van der Waals surface area (Å²) in [7, 11) is -6.77. The van der Waals surface area contributed by atoms with Crippen molar-refractivity contribution >= 4 is 31.3 Å². The lowest BCUT2D eigenvalue weighted by molar-refractivity contribution is 0.590. The molecule has 0 saturated heterocycles. The Morgan fingerprint density at radius 2 is 1.55 bits per heavy atom. The highest BCUT2D eigenvalue weighted by molar-refractivity contribution is 7.95. The molecule has 0 rings (SSSR count). The van der Waals surface area contributed by atoms with Crippen LogP contribution in [0.4, 0.5) is 0 Å². The molecule has 4 nitrogen and oxygen atoms in total. The smallest absolute Gasteiger partial charge is 0.165 e. The molecular weight excluding hydrogens is 212 g/mol. The summed E-state index contributed by atoms with van der Waals surface area (Å²) >= 11 is 5.27. The van der Waals surface area contributed by atoms with Crippen LogP contribution in [0.15, 0.2) is 0 Å². The van der Waals surface area contributed by atoms with E-state index in [0.717, 1.165) is 12.5 Å². The molecule has 1 unspecified atom stereocenters. The Hall–Kier alpha value is 0.190. The Labute approximate surface area is 71.4 Å². The SMILES string of the molecule is CS(=O)(=O)CC(Cl)S(C)(=O)=O. The van der Waals surface area contributed by atoms with E-state index in [2.05, 4.69) is 0 Å². The van der Waals surface area contributed by atoms with E-state index in [4.69, 9.17) is 11.6 Å². The highest BCUT2D eigenvalue weighted by Gasteiger charge is 2.21. The molecule has 0 spiro atoms. The highest BCUT2D eigenvalue weighted by Crippen LogP contribution is 2.06. The molecular formula is C4H9ClO4S2. The monoisotopic (exact) mass is 220 g/mol. The average Bonchev–Trinajstić information content (AvgIpc) is 1.56. The number of rotatable bonds is 3. The number of halogens is 1. The predicted octanol–water partition coefficient (Wildman–Crippen LogP) is -0.359.